The van der Waals surface area contributed by atoms with Crippen LogP contribution in [0.3, 0.4) is 0 Å². The standard InChI is InChI=1S/C18H18ClN3O/c1-11-8-12(2)10-13(9-11)23-7-6-16-17-14(20)4-3-5-15(17)21-18(19)22-16/h3-5,8-10H,6-7,20H2,1-2H3. The number of aryl methyl sites for hydroxylation is 2. The number of fused-ring (bicyclic) bond motifs is 1. The van der Waals surface area contributed by atoms with Crippen LogP contribution in [-0.4, -0.2) is 16.6 Å². The second-order valence-corrected chi connectivity index (χ2v) is 5.94. The summed E-state index contributed by atoms with van der Waals surface area (Å²) in [6.45, 7) is 4.61. The quantitative estimate of drug-likeness (QED) is 0.579. The van der Waals surface area contributed by atoms with E-state index in [9.17, 15) is 0 Å². The van der Waals surface area contributed by atoms with Gasteiger partial charge in [-0.05, 0) is 60.8 Å². The molecule has 3 rings (SSSR count). The van der Waals surface area contributed by atoms with E-state index in [0.717, 1.165) is 22.3 Å². The number of hydrogen-bond donors (Lipinski definition) is 1. The lowest BCUT2D eigenvalue weighted by Gasteiger charge is -2.10. The van der Waals surface area contributed by atoms with E-state index in [1.165, 1.54) is 11.1 Å². The van der Waals surface area contributed by atoms with E-state index in [1.54, 1.807) is 0 Å². The Morgan fingerprint density at radius 3 is 2.57 bits per heavy atom. The van der Waals surface area contributed by atoms with Gasteiger partial charge in [-0.2, -0.15) is 0 Å². The smallest absolute Gasteiger partial charge is 0.223 e. The lowest BCUT2D eigenvalue weighted by atomic mass is 10.1. The zero-order chi connectivity index (χ0) is 16.4. The van der Waals surface area contributed by atoms with Crippen LogP contribution in [0.25, 0.3) is 10.9 Å². The Hall–Kier alpha value is -2.33. The van der Waals surface area contributed by atoms with Gasteiger partial charge < -0.3 is 10.5 Å². The molecule has 0 radical (unpaired) electrons. The van der Waals surface area contributed by atoms with Gasteiger partial charge in [0.05, 0.1) is 17.8 Å². The molecule has 0 fully saturated rings. The Labute approximate surface area is 140 Å². The fourth-order valence-electron chi connectivity index (χ4n) is 2.72. The first-order valence-corrected chi connectivity index (χ1v) is 7.82. The van der Waals surface area contributed by atoms with Gasteiger partial charge in [-0.3, -0.25) is 0 Å². The molecule has 0 atom stereocenters. The van der Waals surface area contributed by atoms with Gasteiger partial charge in [0.2, 0.25) is 5.28 Å². The topological polar surface area (TPSA) is 61.0 Å². The Morgan fingerprint density at radius 2 is 1.83 bits per heavy atom. The summed E-state index contributed by atoms with van der Waals surface area (Å²) >= 11 is 6.01. The monoisotopic (exact) mass is 327 g/mol. The van der Waals surface area contributed by atoms with Gasteiger partial charge in [-0.25, -0.2) is 9.97 Å². The second kappa shape index (κ2) is 6.42. The molecule has 2 N–H and O–H groups in total. The average Bonchev–Trinajstić information content (AvgIpc) is 2.45. The summed E-state index contributed by atoms with van der Waals surface area (Å²) in [7, 11) is 0. The van der Waals surface area contributed by atoms with Crippen molar-refractivity contribution in [2.24, 2.45) is 0 Å². The molecule has 0 unspecified atom stereocenters. The van der Waals surface area contributed by atoms with Crippen LogP contribution in [0, 0.1) is 13.8 Å². The number of nitrogen functional groups attached to an aromatic ring is 1. The zero-order valence-corrected chi connectivity index (χ0v) is 13.9. The minimum absolute atomic E-state index is 0.226. The third-order valence-electron chi connectivity index (χ3n) is 3.61. The van der Waals surface area contributed by atoms with E-state index in [2.05, 4.69) is 29.9 Å². The molecule has 0 amide bonds. The number of ether oxygens (including phenoxy) is 1. The molecule has 118 valence electrons. The zero-order valence-electron chi connectivity index (χ0n) is 13.1. The molecule has 4 nitrogen and oxygen atoms in total. The molecule has 1 heterocycles. The molecule has 3 aromatic rings. The molecule has 2 aromatic carbocycles. The summed E-state index contributed by atoms with van der Waals surface area (Å²) in [4.78, 5) is 8.54. The van der Waals surface area contributed by atoms with Crippen LogP contribution in [0.2, 0.25) is 5.28 Å². The molecular weight excluding hydrogens is 310 g/mol. The molecule has 5 heteroatoms. The summed E-state index contributed by atoms with van der Waals surface area (Å²) in [6.07, 6.45) is 0.611. The Morgan fingerprint density at radius 1 is 1.09 bits per heavy atom. The van der Waals surface area contributed by atoms with E-state index in [-0.39, 0.29) is 5.28 Å². The third-order valence-corrected chi connectivity index (χ3v) is 3.78. The highest BCUT2D eigenvalue weighted by Crippen LogP contribution is 2.24. The van der Waals surface area contributed by atoms with Crippen LogP contribution >= 0.6 is 11.6 Å². The molecule has 0 bridgehead atoms. The SMILES string of the molecule is Cc1cc(C)cc(OCCc2nc(Cl)nc3cccc(N)c23)c1. The maximum atomic E-state index is 6.07. The first kappa shape index (κ1) is 15.6. The molecule has 0 aliphatic carbocycles. The molecule has 0 spiro atoms. The number of anilines is 1. The summed E-state index contributed by atoms with van der Waals surface area (Å²) in [6, 6.07) is 11.7. The van der Waals surface area contributed by atoms with Gasteiger partial charge in [0.1, 0.15) is 5.75 Å². The van der Waals surface area contributed by atoms with Crippen molar-refractivity contribution in [2.75, 3.05) is 12.3 Å². The van der Waals surface area contributed by atoms with Gasteiger partial charge >= 0.3 is 0 Å². The number of aromatic nitrogens is 2. The molecule has 0 saturated heterocycles. The lowest BCUT2D eigenvalue weighted by molar-refractivity contribution is 0.320. The van der Waals surface area contributed by atoms with Crippen LogP contribution in [-0.2, 0) is 6.42 Å². The summed E-state index contributed by atoms with van der Waals surface area (Å²) in [5.41, 5.74) is 10.6. The normalized spacial score (nSPS) is 10.9. The molecule has 0 saturated carbocycles. The first-order chi connectivity index (χ1) is 11.0. The van der Waals surface area contributed by atoms with Gasteiger partial charge in [-0.1, -0.05) is 12.1 Å². The van der Waals surface area contributed by atoms with Crippen molar-refractivity contribution < 1.29 is 4.74 Å². The number of hydrogen-bond acceptors (Lipinski definition) is 4. The van der Waals surface area contributed by atoms with E-state index in [4.69, 9.17) is 22.1 Å². The third kappa shape index (κ3) is 3.54. The van der Waals surface area contributed by atoms with Crippen molar-refractivity contribution in [3.63, 3.8) is 0 Å². The predicted octanol–water partition coefficient (Wildman–Crippen LogP) is 4.10. The minimum Gasteiger partial charge on any atom is -0.493 e. The fourth-order valence-corrected chi connectivity index (χ4v) is 2.91. The number of benzene rings is 2. The predicted molar refractivity (Wildman–Crippen MR) is 94.1 cm³/mol. The Bertz CT molecular complexity index is 844. The average molecular weight is 328 g/mol. The van der Waals surface area contributed by atoms with E-state index in [0.29, 0.717) is 18.7 Å². The van der Waals surface area contributed by atoms with E-state index in [1.807, 2.05) is 30.3 Å². The van der Waals surface area contributed by atoms with Crippen LogP contribution in [0.4, 0.5) is 5.69 Å². The molecule has 0 aliphatic rings. The highest BCUT2D eigenvalue weighted by molar-refractivity contribution is 6.28. The van der Waals surface area contributed by atoms with Gasteiger partial charge in [0.15, 0.2) is 0 Å². The van der Waals surface area contributed by atoms with E-state index >= 15 is 0 Å². The highest BCUT2D eigenvalue weighted by Gasteiger charge is 2.10. The Kier molecular flexibility index (Phi) is 4.35. The molecule has 23 heavy (non-hydrogen) atoms. The van der Waals surface area contributed by atoms with Crippen LogP contribution in [0.1, 0.15) is 16.8 Å². The minimum atomic E-state index is 0.226. The second-order valence-electron chi connectivity index (χ2n) is 5.60. The summed E-state index contributed by atoms with van der Waals surface area (Å²) in [5.74, 6) is 0.861. The van der Waals surface area contributed by atoms with Crippen molar-refractivity contribution in [1.82, 2.24) is 9.97 Å². The van der Waals surface area contributed by atoms with Crippen molar-refractivity contribution in [1.29, 1.82) is 0 Å². The highest BCUT2D eigenvalue weighted by atomic mass is 35.5. The maximum Gasteiger partial charge on any atom is 0.223 e. The fraction of sp³-hybridized carbons (Fsp3) is 0.222. The largest absolute Gasteiger partial charge is 0.493 e. The van der Waals surface area contributed by atoms with Crippen LogP contribution in [0.5, 0.6) is 5.75 Å². The number of nitrogens with two attached hydrogens (primary N) is 1. The van der Waals surface area contributed by atoms with Crippen molar-refractivity contribution in [3.8, 4) is 5.75 Å². The number of nitrogens with zero attached hydrogens (tertiary/aromatic N) is 2. The summed E-state index contributed by atoms with van der Waals surface area (Å²) < 4.78 is 5.86. The maximum absolute atomic E-state index is 6.07. The van der Waals surface area contributed by atoms with Gasteiger partial charge in [0, 0.05) is 17.5 Å². The van der Waals surface area contributed by atoms with Gasteiger partial charge in [-0.15, -0.1) is 0 Å². The molecule has 1 aromatic heterocycles. The Balaban J connectivity index is 1.82. The van der Waals surface area contributed by atoms with Crippen LogP contribution in [0.15, 0.2) is 36.4 Å². The first-order valence-electron chi connectivity index (χ1n) is 7.44. The van der Waals surface area contributed by atoms with Crippen molar-refractivity contribution in [2.45, 2.75) is 20.3 Å². The molecule has 0 aliphatic heterocycles. The van der Waals surface area contributed by atoms with Crippen molar-refractivity contribution in [3.05, 3.63) is 58.5 Å². The number of halogens is 1. The summed E-state index contributed by atoms with van der Waals surface area (Å²) in [5, 5.41) is 1.07. The van der Waals surface area contributed by atoms with Crippen LogP contribution < -0.4 is 10.5 Å². The molecular formula is C18H18ClN3O. The van der Waals surface area contributed by atoms with E-state index < -0.39 is 0 Å². The lowest BCUT2D eigenvalue weighted by Crippen LogP contribution is -2.06. The van der Waals surface area contributed by atoms with Gasteiger partial charge in [0.25, 0.3) is 0 Å². The number of rotatable bonds is 4. The van der Waals surface area contributed by atoms with Crippen molar-refractivity contribution >= 4 is 28.2 Å².